The summed E-state index contributed by atoms with van der Waals surface area (Å²) in [7, 11) is 0. The second-order valence-corrected chi connectivity index (χ2v) is 5.18. The molecule has 2 rings (SSSR count). The van der Waals surface area contributed by atoms with Crippen LogP contribution in [0.5, 0.6) is 5.75 Å². The monoisotopic (exact) mass is 329 g/mol. The van der Waals surface area contributed by atoms with Crippen LogP contribution < -0.4 is 10.5 Å². The Labute approximate surface area is 119 Å². The molecule has 0 aliphatic heterocycles. The van der Waals surface area contributed by atoms with Gasteiger partial charge in [-0.1, -0.05) is 11.6 Å². The summed E-state index contributed by atoms with van der Waals surface area (Å²) in [6.45, 7) is 2.73. The largest absolute Gasteiger partial charge is 0.484 e. The van der Waals surface area contributed by atoms with Gasteiger partial charge in [0.05, 0.1) is 11.0 Å². The van der Waals surface area contributed by atoms with E-state index in [1.54, 1.807) is 12.1 Å². The van der Waals surface area contributed by atoms with Gasteiger partial charge in [0.1, 0.15) is 23.9 Å². The predicted molar refractivity (Wildman–Crippen MR) is 74.8 cm³/mol. The molecule has 0 aliphatic rings. The van der Waals surface area contributed by atoms with Crippen LogP contribution in [0.4, 0.5) is 0 Å². The third-order valence-corrected chi connectivity index (χ3v) is 3.38. The minimum absolute atomic E-state index is 0.362. The molecule has 2 aromatic rings. The van der Waals surface area contributed by atoms with Gasteiger partial charge in [-0.05, 0) is 52.7 Å². The highest BCUT2D eigenvalue weighted by atomic mass is 79.9. The third-order valence-electron chi connectivity index (χ3n) is 2.52. The number of rotatable bonds is 4. The van der Waals surface area contributed by atoms with E-state index in [2.05, 4.69) is 15.9 Å². The van der Waals surface area contributed by atoms with Gasteiger partial charge in [0.25, 0.3) is 0 Å². The number of aryl methyl sites for hydroxylation is 1. The highest BCUT2D eigenvalue weighted by Crippen LogP contribution is 2.29. The maximum Gasteiger partial charge on any atom is 0.146 e. The van der Waals surface area contributed by atoms with E-state index >= 15 is 0 Å². The van der Waals surface area contributed by atoms with E-state index in [9.17, 15) is 0 Å². The maximum absolute atomic E-state index is 5.86. The van der Waals surface area contributed by atoms with Crippen molar-refractivity contribution in [1.82, 2.24) is 0 Å². The third kappa shape index (κ3) is 3.07. The fourth-order valence-electron chi connectivity index (χ4n) is 1.61. The van der Waals surface area contributed by atoms with E-state index in [0.29, 0.717) is 18.2 Å². The summed E-state index contributed by atoms with van der Waals surface area (Å²) in [5, 5.41) is 0.661. The molecule has 0 unspecified atom stereocenters. The van der Waals surface area contributed by atoms with Crippen LogP contribution in [-0.4, -0.2) is 0 Å². The van der Waals surface area contributed by atoms with Crippen LogP contribution in [0.3, 0.4) is 0 Å². The summed E-state index contributed by atoms with van der Waals surface area (Å²) in [4.78, 5) is 0. The molecule has 0 amide bonds. The lowest BCUT2D eigenvalue weighted by atomic mass is 10.2. The van der Waals surface area contributed by atoms with Crippen molar-refractivity contribution in [2.75, 3.05) is 0 Å². The van der Waals surface area contributed by atoms with Gasteiger partial charge in [0.2, 0.25) is 0 Å². The lowest BCUT2D eigenvalue weighted by molar-refractivity contribution is 0.264. The van der Waals surface area contributed by atoms with Gasteiger partial charge in [-0.3, -0.25) is 0 Å². The van der Waals surface area contributed by atoms with Gasteiger partial charge in [-0.25, -0.2) is 0 Å². The van der Waals surface area contributed by atoms with E-state index < -0.39 is 0 Å². The molecule has 0 aliphatic carbocycles. The lowest BCUT2D eigenvalue weighted by Crippen LogP contribution is -1.96. The molecular formula is C13H13BrClNO2. The first-order chi connectivity index (χ1) is 8.60. The van der Waals surface area contributed by atoms with Gasteiger partial charge in [-0.2, -0.15) is 0 Å². The van der Waals surface area contributed by atoms with Gasteiger partial charge < -0.3 is 14.9 Å². The Morgan fingerprint density at radius 3 is 2.78 bits per heavy atom. The van der Waals surface area contributed by atoms with E-state index in [1.165, 1.54) is 0 Å². The summed E-state index contributed by atoms with van der Waals surface area (Å²) in [5.74, 6) is 2.28. The van der Waals surface area contributed by atoms with Crippen LogP contribution >= 0.6 is 27.5 Å². The van der Waals surface area contributed by atoms with Crippen LogP contribution in [0, 0.1) is 6.92 Å². The fraction of sp³-hybridized carbons (Fsp3) is 0.231. The first-order valence-electron chi connectivity index (χ1n) is 5.46. The fourth-order valence-corrected chi connectivity index (χ4v) is 2.40. The summed E-state index contributed by atoms with van der Waals surface area (Å²) >= 11 is 9.25. The molecule has 0 fully saturated rings. The Hall–Kier alpha value is -0.970. The molecule has 0 atom stereocenters. The van der Waals surface area contributed by atoms with Crippen LogP contribution in [0.15, 0.2) is 33.2 Å². The number of benzene rings is 1. The molecule has 0 radical (unpaired) electrons. The highest BCUT2D eigenvalue weighted by molar-refractivity contribution is 9.10. The zero-order valence-corrected chi connectivity index (χ0v) is 12.2. The van der Waals surface area contributed by atoms with E-state index in [4.69, 9.17) is 26.5 Å². The Balaban J connectivity index is 2.06. The molecular weight excluding hydrogens is 318 g/mol. The molecule has 3 nitrogen and oxygen atoms in total. The zero-order chi connectivity index (χ0) is 13.1. The van der Waals surface area contributed by atoms with Gasteiger partial charge in [0.15, 0.2) is 0 Å². The standard InChI is InChI=1S/C13H13BrClNO2/c1-8-4-10(18-13(8)6-16)7-17-12-3-2-9(15)5-11(12)14/h2-5H,6-7,16H2,1H3. The second-order valence-electron chi connectivity index (χ2n) is 3.89. The predicted octanol–water partition coefficient (Wildman–Crippen LogP) is 4.04. The van der Waals surface area contributed by atoms with Crippen molar-refractivity contribution in [1.29, 1.82) is 0 Å². The zero-order valence-electron chi connectivity index (χ0n) is 9.87. The Morgan fingerprint density at radius 1 is 1.39 bits per heavy atom. The first-order valence-corrected chi connectivity index (χ1v) is 6.63. The van der Waals surface area contributed by atoms with E-state index in [-0.39, 0.29) is 0 Å². The average molecular weight is 331 g/mol. The minimum Gasteiger partial charge on any atom is -0.484 e. The Morgan fingerprint density at radius 2 is 2.17 bits per heavy atom. The molecule has 0 bridgehead atoms. The Kier molecular flexibility index (Phi) is 4.32. The molecule has 5 heteroatoms. The average Bonchev–Trinajstić information content (AvgIpc) is 2.69. The molecule has 0 saturated carbocycles. The maximum atomic E-state index is 5.86. The second kappa shape index (κ2) is 5.78. The van der Waals surface area contributed by atoms with Crippen molar-refractivity contribution in [3.05, 3.63) is 50.8 Å². The summed E-state index contributed by atoms with van der Waals surface area (Å²) in [6.07, 6.45) is 0. The summed E-state index contributed by atoms with van der Waals surface area (Å²) < 4.78 is 12.0. The van der Waals surface area contributed by atoms with Gasteiger partial charge in [-0.15, -0.1) is 0 Å². The van der Waals surface area contributed by atoms with Crippen molar-refractivity contribution in [3.8, 4) is 5.75 Å². The van der Waals surface area contributed by atoms with E-state index in [0.717, 1.165) is 27.3 Å². The van der Waals surface area contributed by atoms with Crippen LogP contribution in [0.2, 0.25) is 5.02 Å². The van der Waals surface area contributed by atoms with Crippen molar-refractivity contribution in [2.45, 2.75) is 20.1 Å². The molecule has 0 spiro atoms. The molecule has 2 N–H and O–H groups in total. The Bertz CT molecular complexity index is 554. The number of hydrogen-bond donors (Lipinski definition) is 1. The first kappa shape index (κ1) is 13.5. The molecule has 1 heterocycles. The molecule has 96 valence electrons. The topological polar surface area (TPSA) is 48.4 Å². The van der Waals surface area contributed by atoms with E-state index in [1.807, 2.05) is 19.1 Å². The molecule has 1 aromatic carbocycles. The van der Waals surface area contributed by atoms with Gasteiger partial charge >= 0.3 is 0 Å². The summed E-state index contributed by atoms with van der Waals surface area (Å²) in [6, 6.07) is 7.31. The highest BCUT2D eigenvalue weighted by Gasteiger charge is 2.08. The smallest absolute Gasteiger partial charge is 0.146 e. The lowest BCUT2D eigenvalue weighted by Gasteiger charge is -2.06. The van der Waals surface area contributed by atoms with Crippen LogP contribution in [0.1, 0.15) is 17.1 Å². The van der Waals surface area contributed by atoms with Crippen molar-refractivity contribution in [3.63, 3.8) is 0 Å². The number of hydrogen-bond acceptors (Lipinski definition) is 3. The molecule has 18 heavy (non-hydrogen) atoms. The summed E-state index contributed by atoms with van der Waals surface area (Å²) in [5.41, 5.74) is 6.60. The van der Waals surface area contributed by atoms with Crippen molar-refractivity contribution in [2.24, 2.45) is 5.73 Å². The van der Waals surface area contributed by atoms with Crippen LogP contribution in [0.25, 0.3) is 0 Å². The number of furan rings is 1. The number of nitrogens with two attached hydrogens (primary N) is 1. The normalized spacial score (nSPS) is 10.7. The van der Waals surface area contributed by atoms with Crippen LogP contribution in [-0.2, 0) is 13.2 Å². The molecule has 0 saturated heterocycles. The quantitative estimate of drug-likeness (QED) is 0.920. The SMILES string of the molecule is Cc1cc(COc2ccc(Cl)cc2Br)oc1CN. The minimum atomic E-state index is 0.362. The van der Waals surface area contributed by atoms with Gasteiger partial charge in [0, 0.05) is 5.02 Å². The molecule has 1 aromatic heterocycles. The number of ether oxygens (including phenoxy) is 1. The number of halogens is 2. The van der Waals surface area contributed by atoms with Crippen molar-refractivity contribution < 1.29 is 9.15 Å². The van der Waals surface area contributed by atoms with Crippen molar-refractivity contribution >= 4 is 27.5 Å².